The fourth-order valence-corrected chi connectivity index (χ4v) is 6.96. The molecule has 6 heteroatoms. The molecule has 0 aromatic rings. The predicted molar refractivity (Wildman–Crippen MR) is 238 cm³/mol. The molecule has 0 rings (SSSR count). The Hall–Kier alpha value is -2.11. The molecule has 1 unspecified atom stereocenters. The van der Waals surface area contributed by atoms with Crippen LogP contribution >= 0.6 is 0 Å². The number of hydrogen-bond acceptors (Lipinski definition) is 6. The summed E-state index contributed by atoms with van der Waals surface area (Å²) in [5, 5.41) is 0. The van der Waals surface area contributed by atoms with E-state index in [-0.39, 0.29) is 31.1 Å². The minimum Gasteiger partial charge on any atom is -0.462 e. The van der Waals surface area contributed by atoms with Gasteiger partial charge in [0.2, 0.25) is 0 Å². The van der Waals surface area contributed by atoms with E-state index in [1.165, 1.54) is 148 Å². The smallest absolute Gasteiger partial charge is 0.306 e. The molecule has 0 bridgehead atoms. The quantitative estimate of drug-likeness (QED) is 0.0265. The second kappa shape index (κ2) is 45.6. The van der Waals surface area contributed by atoms with Gasteiger partial charge in [0.05, 0.1) is 0 Å². The topological polar surface area (TPSA) is 78.9 Å². The van der Waals surface area contributed by atoms with Gasteiger partial charge < -0.3 is 14.2 Å². The monoisotopic (exact) mass is 789 g/mol. The van der Waals surface area contributed by atoms with Crippen LogP contribution in [0.1, 0.15) is 258 Å². The molecule has 0 amide bonds. The average molecular weight is 789 g/mol. The van der Waals surface area contributed by atoms with Gasteiger partial charge in [-0.25, -0.2) is 0 Å². The van der Waals surface area contributed by atoms with Gasteiger partial charge in [0.15, 0.2) is 6.10 Å². The molecule has 0 N–H and O–H groups in total. The van der Waals surface area contributed by atoms with Crippen LogP contribution in [0.5, 0.6) is 0 Å². The van der Waals surface area contributed by atoms with Crippen LogP contribution in [0.3, 0.4) is 0 Å². The summed E-state index contributed by atoms with van der Waals surface area (Å²) in [5.41, 5.74) is 0. The first-order chi connectivity index (χ1) is 27.5. The Balaban J connectivity index is 4.34. The van der Waals surface area contributed by atoms with Crippen molar-refractivity contribution in [3.63, 3.8) is 0 Å². The fraction of sp³-hybridized carbons (Fsp3) is 0.860. The van der Waals surface area contributed by atoms with E-state index >= 15 is 0 Å². The zero-order valence-corrected chi connectivity index (χ0v) is 37.4. The van der Waals surface area contributed by atoms with E-state index in [9.17, 15) is 14.4 Å². The minimum absolute atomic E-state index is 0.0758. The maximum atomic E-state index is 12.7. The molecule has 328 valence electrons. The third-order valence-corrected chi connectivity index (χ3v) is 10.7. The van der Waals surface area contributed by atoms with Crippen LogP contribution in [0, 0.1) is 0 Å². The lowest BCUT2D eigenvalue weighted by Gasteiger charge is -2.18. The van der Waals surface area contributed by atoms with Crippen LogP contribution in [0.25, 0.3) is 0 Å². The zero-order valence-electron chi connectivity index (χ0n) is 37.4. The van der Waals surface area contributed by atoms with Gasteiger partial charge in [-0.1, -0.05) is 193 Å². The minimum atomic E-state index is -0.774. The van der Waals surface area contributed by atoms with Gasteiger partial charge in [0.1, 0.15) is 13.2 Å². The lowest BCUT2D eigenvalue weighted by Crippen LogP contribution is -2.30. The molecule has 0 aliphatic carbocycles. The van der Waals surface area contributed by atoms with E-state index in [0.717, 1.165) is 70.6 Å². The molecular weight excluding hydrogens is 697 g/mol. The summed E-state index contributed by atoms with van der Waals surface area (Å²) in [6.07, 6.45) is 50.2. The molecule has 0 radical (unpaired) electrons. The Kier molecular flexibility index (Phi) is 43.9. The van der Waals surface area contributed by atoms with Crippen molar-refractivity contribution in [3.8, 4) is 0 Å². The SMILES string of the molecule is CCCCCC/C=C\CCCCCCCCCC(=O)OCC(COC(=O)CCCCCCCCCCC)OC(=O)CCCCC/C=C\CCCCCCCCC. The number of carbonyl (C=O) groups is 3. The first kappa shape index (κ1) is 53.9. The number of carbonyl (C=O) groups excluding carboxylic acids is 3. The number of hydrogen-bond donors (Lipinski definition) is 0. The van der Waals surface area contributed by atoms with Crippen LogP contribution < -0.4 is 0 Å². The van der Waals surface area contributed by atoms with E-state index < -0.39 is 6.10 Å². The molecule has 56 heavy (non-hydrogen) atoms. The van der Waals surface area contributed by atoms with Gasteiger partial charge in [-0.15, -0.1) is 0 Å². The molecule has 0 aromatic carbocycles. The van der Waals surface area contributed by atoms with E-state index in [2.05, 4.69) is 45.1 Å². The van der Waals surface area contributed by atoms with Crippen molar-refractivity contribution in [1.82, 2.24) is 0 Å². The van der Waals surface area contributed by atoms with E-state index in [0.29, 0.717) is 19.3 Å². The summed E-state index contributed by atoms with van der Waals surface area (Å²) in [4.78, 5) is 37.8. The maximum absolute atomic E-state index is 12.7. The molecule has 1 atom stereocenters. The van der Waals surface area contributed by atoms with Crippen LogP contribution in [-0.2, 0) is 28.6 Å². The molecule has 0 saturated carbocycles. The predicted octanol–water partition coefficient (Wildman–Crippen LogP) is 15.6. The van der Waals surface area contributed by atoms with Gasteiger partial charge >= 0.3 is 17.9 Å². The van der Waals surface area contributed by atoms with Crippen molar-refractivity contribution in [2.45, 2.75) is 264 Å². The Bertz CT molecular complexity index is 911. The number of rotatable bonds is 44. The summed E-state index contributed by atoms with van der Waals surface area (Å²) in [6, 6.07) is 0. The molecule has 0 aromatic heterocycles. The lowest BCUT2D eigenvalue weighted by atomic mass is 10.1. The molecule has 0 fully saturated rings. The normalized spacial score (nSPS) is 12.1. The van der Waals surface area contributed by atoms with E-state index in [4.69, 9.17) is 14.2 Å². The molecule has 6 nitrogen and oxygen atoms in total. The van der Waals surface area contributed by atoms with Crippen molar-refractivity contribution in [2.75, 3.05) is 13.2 Å². The van der Waals surface area contributed by atoms with Crippen molar-refractivity contribution in [1.29, 1.82) is 0 Å². The Morgan fingerprint density at radius 1 is 0.339 bits per heavy atom. The summed E-state index contributed by atoms with van der Waals surface area (Å²) < 4.78 is 16.7. The van der Waals surface area contributed by atoms with Crippen LogP contribution in [0.2, 0.25) is 0 Å². The van der Waals surface area contributed by atoms with Gasteiger partial charge in [0.25, 0.3) is 0 Å². The number of esters is 3. The Morgan fingerprint density at radius 3 is 0.929 bits per heavy atom. The Labute approximate surface area is 347 Å². The van der Waals surface area contributed by atoms with E-state index in [1.54, 1.807) is 0 Å². The first-order valence-corrected chi connectivity index (χ1v) is 24.3. The highest BCUT2D eigenvalue weighted by atomic mass is 16.6. The van der Waals surface area contributed by atoms with Gasteiger partial charge in [0, 0.05) is 19.3 Å². The highest BCUT2D eigenvalue weighted by Gasteiger charge is 2.19. The molecular formula is C50H92O6. The molecule has 0 aliphatic heterocycles. The highest BCUT2D eigenvalue weighted by molar-refractivity contribution is 5.71. The standard InChI is InChI=1S/C50H92O6/c1-4-7-10-13-16-19-21-23-25-27-28-31-34-37-40-43-49(52)55-46-47(45-54-48(51)42-39-36-33-30-18-15-12-9-6-3)56-50(53)44-41-38-35-32-29-26-24-22-20-17-14-11-8-5-2/h19,21,26,29,47H,4-18,20,22-25,27-28,30-46H2,1-3H3/b21-19-,29-26-. The summed E-state index contributed by atoms with van der Waals surface area (Å²) in [6.45, 7) is 6.60. The summed E-state index contributed by atoms with van der Waals surface area (Å²) in [5.74, 6) is -0.892. The molecule has 0 aliphatic rings. The summed E-state index contributed by atoms with van der Waals surface area (Å²) >= 11 is 0. The molecule has 0 saturated heterocycles. The zero-order chi connectivity index (χ0) is 40.8. The van der Waals surface area contributed by atoms with Crippen LogP contribution in [0.4, 0.5) is 0 Å². The lowest BCUT2D eigenvalue weighted by molar-refractivity contribution is -0.167. The number of ether oxygens (including phenoxy) is 3. The van der Waals surface area contributed by atoms with Gasteiger partial charge in [-0.2, -0.15) is 0 Å². The van der Waals surface area contributed by atoms with Crippen molar-refractivity contribution in [3.05, 3.63) is 24.3 Å². The molecule has 0 heterocycles. The average Bonchev–Trinajstić information content (AvgIpc) is 3.19. The fourth-order valence-electron chi connectivity index (χ4n) is 6.96. The van der Waals surface area contributed by atoms with Gasteiger partial charge in [-0.05, 0) is 70.6 Å². The summed E-state index contributed by atoms with van der Waals surface area (Å²) in [7, 11) is 0. The van der Waals surface area contributed by atoms with Crippen LogP contribution in [0.15, 0.2) is 24.3 Å². The molecule has 0 spiro atoms. The maximum Gasteiger partial charge on any atom is 0.306 e. The highest BCUT2D eigenvalue weighted by Crippen LogP contribution is 2.14. The largest absolute Gasteiger partial charge is 0.462 e. The number of allylic oxidation sites excluding steroid dienone is 4. The van der Waals surface area contributed by atoms with Crippen molar-refractivity contribution < 1.29 is 28.6 Å². The second-order valence-corrected chi connectivity index (χ2v) is 16.4. The van der Waals surface area contributed by atoms with Crippen LogP contribution in [-0.4, -0.2) is 37.2 Å². The Morgan fingerprint density at radius 2 is 0.589 bits per heavy atom. The first-order valence-electron chi connectivity index (χ1n) is 24.3. The number of unbranched alkanes of at least 4 members (excludes halogenated alkanes) is 29. The third kappa shape index (κ3) is 43.0. The van der Waals surface area contributed by atoms with E-state index in [1.807, 2.05) is 0 Å². The van der Waals surface area contributed by atoms with Gasteiger partial charge in [-0.3, -0.25) is 14.4 Å². The van der Waals surface area contributed by atoms with Crippen molar-refractivity contribution >= 4 is 17.9 Å². The third-order valence-electron chi connectivity index (χ3n) is 10.7. The second-order valence-electron chi connectivity index (χ2n) is 16.4. The van der Waals surface area contributed by atoms with Crippen molar-refractivity contribution in [2.24, 2.45) is 0 Å².